The Bertz CT molecular complexity index is 886. The molecule has 2 N–H and O–H groups in total. The van der Waals surface area contributed by atoms with Crippen LogP contribution in [0.15, 0.2) is 48.5 Å². The molecule has 0 aromatic heterocycles. The summed E-state index contributed by atoms with van der Waals surface area (Å²) in [6.45, 7) is 0. The normalized spacial score (nSPS) is 30.2. The number of aliphatic hydroxyl groups is 2. The molecule has 2 aliphatic rings. The zero-order valence-corrected chi connectivity index (χ0v) is 11.2. The standard InChI is InChI=1S/C18H14O3/c19-15-13-7-10-6-5-9-3-1-2-4-11(9)12(10)8-14(13)17-18(21-17)16(15)20/h1-8,15-20H/t15-,16+,17+,18-/m1/s1. The summed E-state index contributed by atoms with van der Waals surface area (Å²) in [7, 11) is 0. The molecule has 104 valence electrons. The maximum absolute atomic E-state index is 10.3. The van der Waals surface area contributed by atoms with E-state index < -0.39 is 12.2 Å². The fourth-order valence-corrected chi connectivity index (χ4v) is 3.59. The van der Waals surface area contributed by atoms with Crippen molar-refractivity contribution in [3.63, 3.8) is 0 Å². The maximum atomic E-state index is 10.3. The van der Waals surface area contributed by atoms with Gasteiger partial charge in [-0.05, 0) is 44.8 Å². The van der Waals surface area contributed by atoms with Crippen LogP contribution in [-0.2, 0) is 4.74 Å². The molecular weight excluding hydrogens is 264 g/mol. The van der Waals surface area contributed by atoms with Crippen molar-refractivity contribution in [1.29, 1.82) is 0 Å². The molecule has 3 aromatic rings. The second kappa shape index (κ2) is 3.83. The summed E-state index contributed by atoms with van der Waals surface area (Å²) < 4.78 is 5.54. The van der Waals surface area contributed by atoms with Gasteiger partial charge in [0.2, 0.25) is 0 Å². The van der Waals surface area contributed by atoms with E-state index in [0.717, 1.165) is 16.5 Å². The monoisotopic (exact) mass is 278 g/mol. The van der Waals surface area contributed by atoms with Crippen molar-refractivity contribution in [3.05, 3.63) is 59.7 Å². The minimum atomic E-state index is -0.861. The Kier molecular flexibility index (Phi) is 2.13. The summed E-state index contributed by atoms with van der Waals surface area (Å²) in [6, 6.07) is 16.5. The van der Waals surface area contributed by atoms with Gasteiger partial charge in [0.15, 0.2) is 0 Å². The van der Waals surface area contributed by atoms with E-state index in [-0.39, 0.29) is 12.2 Å². The van der Waals surface area contributed by atoms with Gasteiger partial charge < -0.3 is 14.9 Å². The second-order valence-electron chi connectivity index (χ2n) is 5.95. The molecule has 3 nitrogen and oxygen atoms in total. The summed E-state index contributed by atoms with van der Waals surface area (Å²) in [5.74, 6) is 0. The van der Waals surface area contributed by atoms with Crippen LogP contribution in [-0.4, -0.2) is 22.4 Å². The lowest BCUT2D eigenvalue weighted by Gasteiger charge is -2.24. The first kappa shape index (κ1) is 11.7. The number of rotatable bonds is 0. The molecule has 1 aliphatic heterocycles. The lowest BCUT2D eigenvalue weighted by atomic mass is 9.85. The first-order valence-electron chi connectivity index (χ1n) is 7.21. The molecule has 0 bridgehead atoms. The van der Waals surface area contributed by atoms with Crippen molar-refractivity contribution in [2.75, 3.05) is 0 Å². The highest BCUT2D eigenvalue weighted by Gasteiger charge is 2.53. The van der Waals surface area contributed by atoms with E-state index in [1.54, 1.807) is 0 Å². The van der Waals surface area contributed by atoms with Crippen molar-refractivity contribution < 1.29 is 14.9 Å². The van der Waals surface area contributed by atoms with Crippen LogP contribution in [0.1, 0.15) is 23.3 Å². The van der Waals surface area contributed by atoms with E-state index in [2.05, 4.69) is 30.3 Å². The Labute approximate surface area is 121 Å². The Balaban J connectivity index is 1.86. The molecule has 0 amide bonds. The van der Waals surface area contributed by atoms with E-state index in [4.69, 9.17) is 4.74 Å². The van der Waals surface area contributed by atoms with Crippen molar-refractivity contribution in [3.8, 4) is 0 Å². The molecule has 21 heavy (non-hydrogen) atoms. The van der Waals surface area contributed by atoms with Gasteiger partial charge in [0.1, 0.15) is 24.4 Å². The number of aliphatic hydroxyl groups excluding tert-OH is 2. The molecule has 1 saturated heterocycles. The van der Waals surface area contributed by atoms with Crippen LogP contribution in [0.25, 0.3) is 21.5 Å². The fourth-order valence-electron chi connectivity index (χ4n) is 3.59. The van der Waals surface area contributed by atoms with Crippen molar-refractivity contribution in [2.24, 2.45) is 0 Å². The third-order valence-electron chi connectivity index (χ3n) is 4.76. The summed E-state index contributed by atoms with van der Waals surface area (Å²) in [5, 5.41) is 24.9. The van der Waals surface area contributed by atoms with Crippen LogP contribution < -0.4 is 0 Å². The van der Waals surface area contributed by atoms with Gasteiger partial charge in [-0.2, -0.15) is 0 Å². The minimum absolute atomic E-state index is 0.0678. The highest BCUT2D eigenvalue weighted by atomic mass is 16.6. The molecule has 1 heterocycles. The number of epoxide rings is 1. The van der Waals surface area contributed by atoms with Crippen molar-refractivity contribution in [2.45, 2.75) is 24.4 Å². The van der Waals surface area contributed by atoms with Gasteiger partial charge in [-0.15, -0.1) is 0 Å². The van der Waals surface area contributed by atoms with Gasteiger partial charge in [0.05, 0.1) is 0 Å². The average Bonchev–Trinajstić information content (AvgIpc) is 3.32. The molecule has 0 radical (unpaired) electrons. The number of hydrogen-bond donors (Lipinski definition) is 2. The SMILES string of the molecule is O[C@@H]1[C@H]2O[C@H]2c2cc3c(ccc4ccccc43)cc2[C@H]1O. The highest BCUT2D eigenvalue weighted by Crippen LogP contribution is 2.51. The van der Waals surface area contributed by atoms with Crippen LogP contribution in [0.5, 0.6) is 0 Å². The summed E-state index contributed by atoms with van der Waals surface area (Å²) in [6.07, 6.45) is -2.00. The van der Waals surface area contributed by atoms with Gasteiger partial charge in [0.25, 0.3) is 0 Å². The first-order valence-corrected chi connectivity index (χ1v) is 7.21. The largest absolute Gasteiger partial charge is 0.387 e. The van der Waals surface area contributed by atoms with E-state index in [1.165, 1.54) is 16.2 Å². The molecule has 1 aliphatic carbocycles. The third kappa shape index (κ3) is 1.48. The van der Waals surface area contributed by atoms with Crippen LogP contribution in [0.4, 0.5) is 0 Å². The Morgan fingerprint density at radius 1 is 0.810 bits per heavy atom. The second-order valence-corrected chi connectivity index (χ2v) is 5.95. The summed E-state index contributed by atoms with van der Waals surface area (Å²) >= 11 is 0. The highest BCUT2D eigenvalue weighted by molar-refractivity contribution is 6.08. The number of hydrogen-bond acceptors (Lipinski definition) is 3. The third-order valence-corrected chi connectivity index (χ3v) is 4.76. The molecule has 0 spiro atoms. The van der Waals surface area contributed by atoms with E-state index in [1.807, 2.05) is 18.2 Å². The Morgan fingerprint density at radius 2 is 1.62 bits per heavy atom. The van der Waals surface area contributed by atoms with Gasteiger partial charge in [-0.3, -0.25) is 0 Å². The predicted octanol–water partition coefficient (Wildman–Crippen LogP) is 2.84. The number of benzene rings is 3. The van der Waals surface area contributed by atoms with Crippen molar-refractivity contribution in [1.82, 2.24) is 0 Å². The summed E-state index contributed by atoms with van der Waals surface area (Å²) in [5.41, 5.74) is 1.81. The lowest BCUT2D eigenvalue weighted by molar-refractivity contribution is 0.0000732. The van der Waals surface area contributed by atoms with Crippen LogP contribution in [0, 0.1) is 0 Å². The molecule has 0 saturated carbocycles. The summed E-state index contributed by atoms with van der Waals surface area (Å²) in [4.78, 5) is 0. The van der Waals surface area contributed by atoms with E-state index >= 15 is 0 Å². The fraction of sp³-hybridized carbons (Fsp3) is 0.222. The maximum Gasteiger partial charge on any atom is 0.118 e. The molecule has 1 fully saturated rings. The quantitative estimate of drug-likeness (QED) is 0.491. The number of ether oxygens (including phenoxy) is 1. The van der Waals surface area contributed by atoms with E-state index in [0.29, 0.717) is 0 Å². The van der Waals surface area contributed by atoms with E-state index in [9.17, 15) is 10.2 Å². The van der Waals surface area contributed by atoms with Crippen molar-refractivity contribution >= 4 is 21.5 Å². The van der Waals surface area contributed by atoms with Gasteiger partial charge in [0, 0.05) is 0 Å². The molecular formula is C18H14O3. The van der Waals surface area contributed by atoms with Crippen LogP contribution in [0.3, 0.4) is 0 Å². The van der Waals surface area contributed by atoms with Gasteiger partial charge >= 0.3 is 0 Å². The minimum Gasteiger partial charge on any atom is -0.387 e. The first-order chi connectivity index (χ1) is 10.2. The smallest absolute Gasteiger partial charge is 0.118 e. The lowest BCUT2D eigenvalue weighted by Crippen LogP contribution is -2.28. The molecule has 3 heteroatoms. The zero-order chi connectivity index (χ0) is 14.1. The van der Waals surface area contributed by atoms with Crippen LogP contribution >= 0.6 is 0 Å². The number of fused-ring (bicyclic) bond motifs is 6. The molecule has 5 rings (SSSR count). The zero-order valence-electron chi connectivity index (χ0n) is 11.2. The molecule has 4 atom stereocenters. The van der Waals surface area contributed by atoms with Crippen LogP contribution in [0.2, 0.25) is 0 Å². The van der Waals surface area contributed by atoms with Gasteiger partial charge in [-0.1, -0.05) is 36.4 Å². The Hall–Kier alpha value is -1.94. The van der Waals surface area contributed by atoms with Gasteiger partial charge in [-0.25, -0.2) is 0 Å². The predicted molar refractivity (Wildman–Crippen MR) is 80.0 cm³/mol. The topological polar surface area (TPSA) is 53.0 Å². The Morgan fingerprint density at radius 3 is 2.52 bits per heavy atom. The molecule has 0 unspecified atom stereocenters. The average molecular weight is 278 g/mol. The molecule has 3 aromatic carbocycles.